The van der Waals surface area contributed by atoms with Crippen LogP contribution in [0.5, 0.6) is 11.5 Å². The summed E-state index contributed by atoms with van der Waals surface area (Å²) < 4.78 is 14.9. The van der Waals surface area contributed by atoms with Crippen molar-refractivity contribution >= 4 is 22.4 Å². The second kappa shape index (κ2) is 7.53. The fourth-order valence-corrected chi connectivity index (χ4v) is 3.36. The summed E-state index contributed by atoms with van der Waals surface area (Å²) in [4.78, 5) is 12.6. The molecule has 1 amide bonds. The van der Waals surface area contributed by atoms with Crippen molar-refractivity contribution in [3.8, 4) is 11.5 Å². The Bertz CT molecular complexity index is 743. The molecular formula is C17H23N3O3S. The Hall–Kier alpha value is -2.28. The van der Waals surface area contributed by atoms with Gasteiger partial charge >= 0.3 is 0 Å². The summed E-state index contributed by atoms with van der Waals surface area (Å²) in [6.07, 6.45) is 0. The Morgan fingerprint density at radius 3 is 2.42 bits per heavy atom. The Morgan fingerprint density at radius 1 is 1.21 bits per heavy atom. The van der Waals surface area contributed by atoms with E-state index >= 15 is 0 Å². The molecule has 0 fully saturated rings. The van der Waals surface area contributed by atoms with Gasteiger partial charge in [0.1, 0.15) is 5.00 Å². The molecule has 0 unspecified atom stereocenters. The summed E-state index contributed by atoms with van der Waals surface area (Å²) in [7, 11) is 4.99. The number of rotatable bonds is 6. The smallest absolute Gasteiger partial charge is 0.256 e. The van der Waals surface area contributed by atoms with E-state index in [4.69, 9.17) is 9.47 Å². The molecule has 2 aromatic rings. The Morgan fingerprint density at radius 2 is 1.83 bits per heavy atom. The molecule has 7 heteroatoms. The molecule has 1 heterocycles. The minimum Gasteiger partial charge on any atom is -0.493 e. The van der Waals surface area contributed by atoms with Crippen molar-refractivity contribution in [2.24, 2.45) is 0 Å². The molecule has 1 atom stereocenters. The standard InChI is InChI=1S/C17H23N3O3S/c1-9-7-13(22-5)14(23-6)8-12(9)10(2)19-16(21)15-11(3)20-24-17(15)18-4/h7-8,10,18H,1-6H3,(H,19,21)/t10-/m0/s1. The van der Waals surface area contributed by atoms with Gasteiger partial charge in [0.25, 0.3) is 5.91 Å². The monoisotopic (exact) mass is 349 g/mol. The molecule has 0 spiro atoms. The second-order valence-corrected chi connectivity index (χ2v) is 6.25. The normalized spacial score (nSPS) is 11.8. The molecule has 0 aliphatic carbocycles. The van der Waals surface area contributed by atoms with Crippen LogP contribution in [0, 0.1) is 13.8 Å². The van der Waals surface area contributed by atoms with Crippen LogP contribution in [0.3, 0.4) is 0 Å². The van der Waals surface area contributed by atoms with E-state index in [1.165, 1.54) is 11.5 Å². The van der Waals surface area contributed by atoms with Crippen LogP contribution in [0.15, 0.2) is 12.1 Å². The van der Waals surface area contributed by atoms with Crippen LogP contribution in [0.25, 0.3) is 0 Å². The van der Waals surface area contributed by atoms with E-state index in [0.29, 0.717) is 17.1 Å². The van der Waals surface area contributed by atoms with Crippen molar-refractivity contribution in [2.45, 2.75) is 26.8 Å². The lowest BCUT2D eigenvalue weighted by atomic mass is 10.0. The number of aryl methyl sites for hydroxylation is 2. The number of hydrogen-bond acceptors (Lipinski definition) is 6. The van der Waals surface area contributed by atoms with E-state index < -0.39 is 0 Å². The van der Waals surface area contributed by atoms with E-state index in [-0.39, 0.29) is 11.9 Å². The molecular weight excluding hydrogens is 326 g/mol. The lowest BCUT2D eigenvalue weighted by molar-refractivity contribution is 0.0940. The van der Waals surface area contributed by atoms with Gasteiger partial charge in [-0.25, -0.2) is 0 Å². The zero-order chi connectivity index (χ0) is 17.9. The topological polar surface area (TPSA) is 72.5 Å². The number of anilines is 1. The zero-order valence-electron chi connectivity index (χ0n) is 14.8. The van der Waals surface area contributed by atoms with Crippen LogP contribution in [0.1, 0.15) is 40.1 Å². The third kappa shape index (κ3) is 3.46. The van der Waals surface area contributed by atoms with Gasteiger partial charge in [0.05, 0.1) is 31.5 Å². The fraction of sp³-hybridized carbons (Fsp3) is 0.412. The summed E-state index contributed by atoms with van der Waals surface area (Å²) in [5, 5.41) is 6.81. The molecule has 2 rings (SSSR count). The number of carbonyl (C=O) groups excluding carboxylic acids is 1. The van der Waals surface area contributed by atoms with Crippen LogP contribution in [0.4, 0.5) is 5.00 Å². The average molecular weight is 349 g/mol. The molecule has 1 aromatic carbocycles. The van der Waals surface area contributed by atoms with Gasteiger partial charge in [-0.3, -0.25) is 4.79 Å². The van der Waals surface area contributed by atoms with Crippen LogP contribution >= 0.6 is 11.5 Å². The first-order chi connectivity index (χ1) is 11.4. The van der Waals surface area contributed by atoms with Crippen LogP contribution in [-0.2, 0) is 0 Å². The minimum absolute atomic E-state index is 0.146. The predicted octanol–water partition coefficient (Wildman–Crippen LogP) is 3.31. The first-order valence-electron chi connectivity index (χ1n) is 7.60. The highest BCUT2D eigenvalue weighted by molar-refractivity contribution is 7.10. The molecule has 0 aliphatic rings. The van der Waals surface area contributed by atoms with Gasteiger partial charge in [0, 0.05) is 7.05 Å². The Kier molecular flexibility index (Phi) is 5.66. The quantitative estimate of drug-likeness (QED) is 0.837. The van der Waals surface area contributed by atoms with Gasteiger partial charge in [-0.1, -0.05) is 0 Å². The van der Waals surface area contributed by atoms with Gasteiger partial charge in [-0.05, 0) is 55.6 Å². The first kappa shape index (κ1) is 18.1. The van der Waals surface area contributed by atoms with Gasteiger partial charge in [0.2, 0.25) is 0 Å². The van der Waals surface area contributed by atoms with Crippen molar-refractivity contribution in [1.29, 1.82) is 0 Å². The van der Waals surface area contributed by atoms with Crippen molar-refractivity contribution in [2.75, 3.05) is 26.6 Å². The molecule has 1 aromatic heterocycles. The number of aromatic nitrogens is 1. The van der Waals surface area contributed by atoms with Crippen molar-refractivity contribution < 1.29 is 14.3 Å². The third-order valence-electron chi connectivity index (χ3n) is 3.90. The summed E-state index contributed by atoms with van der Waals surface area (Å²) in [6.45, 7) is 5.76. The van der Waals surface area contributed by atoms with E-state index in [1.54, 1.807) is 21.3 Å². The number of ether oxygens (including phenoxy) is 2. The number of amides is 1. The number of nitrogens with one attached hydrogen (secondary N) is 2. The van der Waals surface area contributed by atoms with E-state index in [9.17, 15) is 4.79 Å². The lowest BCUT2D eigenvalue weighted by Gasteiger charge is -2.19. The van der Waals surface area contributed by atoms with Crippen molar-refractivity contribution in [3.63, 3.8) is 0 Å². The third-order valence-corrected chi connectivity index (χ3v) is 4.86. The molecule has 0 bridgehead atoms. The van der Waals surface area contributed by atoms with Gasteiger partial charge in [-0.2, -0.15) is 4.37 Å². The largest absolute Gasteiger partial charge is 0.493 e. The molecule has 24 heavy (non-hydrogen) atoms. The Labute approximate surface area is 146 Å². The van der Waals surface area contributed by atoms with Crippen LogP contribution < -0.4 is 20.1 Å². The van der Waals surface area contributed by atoms with E-state index in [2.05, 4.69) is 15.0 Å². The molecule has 6 nitrogen and oxygen atoms in total. The minimum atomic E-state index is -0.179. The maximum Gasteiger partial charge on any atom is 0.256 e. The van der Waals surface area contributed by atoms with Crippen molar-refractivity contribution in [1.82, 2.24) is 9.69 Å². The number of nitrogens with zero attached hydrogens (tertiary/aromatic N) is 1. The van der Waals surface area contributed by atoms with Crippen LogP contribution in [-0.4, -0.2) is 31.5 Å². The van der Waals surface area contributed by atoms with E-state index in [1.807, 2.05) is 32.9 Å². The molecule has 0 aliphatic heterocycles. The lowest BCUT2D eigenvalue weighted by Crippen LogP contribution is -2.28. The average Bonchev–Trinajstić information content (AvgIpc) is 2.95. The summed E-state index contributed by atoms with van der Waals surface area (Å²) in [5.41, 5.74) is 3.31. The zero-order valence-corrected chi connectivity index (χ0v) is 15.6. The van der Waals surface area contributed by atoms with Gasteiger partial charge in [0.15, 0.2) is 11.5 Å². The SMILES string of the molecule is CNc1snc(C)c1C(=O)N[C@@H](C)c1cc(OC)c(OC)cc1C. The summed E-state index contributed by atoms with van der Waals surface area (Å²) >= 11 is 1.28. The highest BCUT2D eigenvalue weighted by Crippen LogP contribution is 2.33. The Balaban J connectivity index is 2.28. The molecule has 2 N–H and O–H groups in total. The predicted molar refractivity (Wildman–Crippen MR) is 96.6 cm³/mol. The second-order valence-electron chi connectivity index (χ2n) is 5.48. The number of methoxy groups -OCH3 is 2. The van der Waals surface area contributed by atoms with Crippen molar-refractivity contribution in [3.05, 3.63) is 34.5 Å². The first-order valence-corrected chi connectivity index (χ1v) is 8.37. The molecule has 0 saturated carbocycles. The maximum absolute atomic E-state index is 12.6. The highest BCUT2D eigenvalue weighted by atomic mass is 32.1. The molecule has 0 radical (unpaired) electrons. The summed E-state index contributed by atoms with van der Waals surface area (Å²) in [5.74, 6) is 1.17. The van der Waals surface area contributed by atoms with Crippen LogP contribution in [0.2, 0.25) is 0 Å². The maximum atomic E-state index is 12.6. The molecule has 0 saturated heterocycles. The fourth-order valence-electron chi connectivity index (χ4n) is 2.62. The number of carbonyl (C=O) groups is 1. The van der Waals surface area contributed by atoms with Gasteiger partial charge < -0.3 is 20.1 Å². The summed E-state index contributed by atoms with van der Waals surface area (Å²) in [6, 6.07) is 3.63. The molecule has 130 valence electrons. The van der Waals surface area contributed by atoms with Gasteiger partial charge in [-0.15, -0.1) is 0 Å². The van der Waals surface area contributed by atoms with E-state index in [0.717, 1.165) is 21.8 Å². The highest BCUT2D eigenvalue weighted by Gasteiger charge is 2.21. The number of hydrogen-bond donors (Lipinski definition) is 2. The number of benzene rings is 1.